The van der Waals surface area contributed by atoms with Crippen LogP contribution in [0.25, 0.3) is 0 Å². The fraction of sp³-hybridized carbons (Fsp3) is 0.250. The van der Waals surface area contributed by atoms with Gasteiger partial charge in [-0.25, -0.2) is 0 Å². The summed E-state index contributed by atoms with van der Waals surface area (Å²) in [4.78, 5) is 0. The Balaban J connectivity index is 3.08. The Morgan fingerprint density at radius 1 is 1.36 bits per heavy atom. The molecule has 0 amide bonds. The van der Waals surface area contributed by atoms with Crippen molar-refractivity contribution < 1.29 is 13.2 Å². The van der Waals surface area contributed by atoms with E-state index in [1.807, 2.05) is 0 Å². The molecule has 0 spiro atoms. The number of halogens is 5. The molecule has 1 rings (SSSR count). The van der Waals surface area contributed by atoms with Crippen molar-refractivity contribution in [1.82, 2.24) is 0 Å². The molecule has 0 aliphatic heterocycles. The summed E-state index contributed by atoms with van der Waals surface area (Å²) in [6, 6.07) is 2.01. The summed E-state index contributed by atoms with van der Waals surface area (Å²) in [7, 11) is 0. The molecule has 0 fully saturated rings. The number of rotatable bonds is 1. The van der Waals surface area contributed by atoms with Crippen LogP contribution in [0.15, 0.2) is 22.7 Å². The van der Waals surface area contributed by atoms with Gasteiger partial charge in [0.05, 0.1) is 0 Å². The Morgan fingerprint density at radius 2 is 1.93 bits per heavy atom. The molecular weight excluding hydrogens is 282 g/mol. The number of benzene rings is 1. The Labute approximate surface area is 92.2 Å². The van der Waals surface area contributed by atoms with Gasteiger partial charge in [0.2, 0.25) is 0 Å². The molecule has 6 heteroatoms. The normalized spacial score (nSPS) is 14.1. The number of hydrogen-bond donors (Lipinski definition) is 1. The smallest absolute Gasteiger partial charge is 0.316 e. The highest BCUT2D eigenvalue weighted by Gasteiger charge is 2.38. The standard InChI is InChI=1S/C8H6BrClF3N/c9-6-3-4(10)1-2-5(6)7(14)8(11,12)13/h1-3,7H,14H2. The molecule has 0 aromatic heterocycles. The van der Waals surface area contributed by atoms with E-state index >= 15 is 0 Å². The highest BCUT2D eigenvalue weighted by atomic mass is 79.9. The van der Waals surface area contributed by atoms with Crippen LogP contribution in [0.1, 0.15) is 11.6 Å². The third kappa shape index (κ3) is 2.62. The van der Waals surface area contributed by atoms with Crippen molar-refractivity contribution in [2.24, 2.45) is 5.73 Å². The van der Waals surface area contributed by atoms with E-state index in [4.69, 9.17) is 17.3 Å². The second-order valence-electron chi connectivity index (χ2n) is 2.69. The Bertz CT molecular complexity index is 340. The van der Waals surface area contributed by atoms with Crippen LogP contribution in [-0.2, 0) is 0 Å². The summed E-state index contributed by atoms with van der Waals surface area (Å²) >= 11 is 8.56. The summed E-state index contributed by atoms with van der Waals surface area (Å²) < 4.78 is 37.0. The van der Waals surface area contributed by atoms with Crippen LogP contribution < -0.4 is 5.73 Å². The first kappa shape index (κ1) is 11.8. The lowest BCUT2D eigenvalue weighted by Crippen LogP contribution is -2.28. The first-order valence-electron chi connectivity index (χ1n) is 3.59. The lowest BCUT2D eigenvalue weighted by molar-refractivity contribution is -0.149. The van der Waals surface area contributed by atoms with Gasteiger partial charge in [-0.3, -0.25) is 0 Å². The van der Waals surface area contributed by atoms with Crippen LogP contribution in [0.4, 0.5) is 13.2 Å². The second-order valence-corrected chi connectivity index (χ2v) is 3.98. The molecule has 1 unspecified atom stereocenters. The minimum atomic E-state index is -4.45. The fourth-order valence-electron chi connectivity index (χ4n) is 0.930. The molecule has 0 bridgehead atoms. The first-order chi connectivity index (χ1) is 6.32. The second kappa shape index (κ2) is 4.08. The van der Waals surface area contributed by atoms with Crippen molar-refractivity contribution in [3.05, 3.63) is 33.3 Å². The third-order valence-corrected chi connectivity index (χ3v) is 2.57. The third-order valence-electron chi connectivity index (χ3n) is 1.65. The molecule has 1 nitrogen and oxygen atoms in total. The molecule has 1 aromatic rings. The zero-order valence-electron chi connectivity index (χ0n) is 6.78. The molecule has 0 saturated heterocycles. The minimum Gasteiger partial charge on any atom is -0.316 e. The largest absolute Gasteiger partial charge is 0.407 e. The SMILES string of the molecule is NC(c1ccc(Cl)cc1Br)C(F)(F)F. The summed E-state index contributed by atoms with van der Waals surface area (Å²) in [5, 5.41) is 0.356. The predicted molar refractivity (Wildman–Crippen MR) is 52.1 cm³/mol. The maximum atomic E-state index is 12.2. The monoisotopic (exact) mass is 287 g/mol. The van der Waals surface area contributed by atoms with E-state index in [0.717, 1.165) is 0 Å². The van der Waals surface area contributed by atoms with Gasteiger partial charge in [0.25, 0.3) is 0 Å². The van der Waals surface area contributed by atoms with Crippen LogP contribution >= 0.6 is 27.5 Å². The van der Waals surface area contributed by atoms with Crippen molar-refractivity contribution in [2.75, 3.05) is 0 Å². The Hall–Kier alpha value is -0.260. The zero-order chi connectivity index (χ0) is 10.9. The molecule has 0 radical (unpaired) electrons. The average molecular weight is 288 g/mol. The zero-order valence-corrected chi connectivity index (χ0v) is 9.12. The maximum Gasteiger partial charge on any atom is 0.407 e. The van der Waals surface area contributed by atoms with Crippen LogP contribution in [0, 0.1) is 0 Å². The van der Waals surface area contributed by atoms with Crippen molar-refractivity contribution in [1.29, 1.82) is 0 Å². The molecule has 14 heavy (non-hydrogen) atoms. The van der Waals surface area contributed by atoms with Gasteiger partial charge in [-0.15, -0.1) is 0 Å². The van der Waals surface area contributed by atoms with E-state index in [0.29, 0.717) is 5.02 Å². The molecule has 0 heterocycles. The Kier molecular flexibility index (Phi) is 3.44. The van der Waals surface area contributed by atoms with Crippen LogP contribution in [0.5, 0.6) is 0 Å². The fourth-order valence-corrected chi connectivity index (χ4v) is 1.86. The molecule has 2 N–H and O–H groups in total. The van der Waals surface area contributed by atoms with Crippen molar-refractivity contribution >= 4 is 27.5 Å². The van der Waals surface area contributed by atoms with Gasteiger partial charge in [-0.1, -0.05) is 33.6 Å². The summed E-state index contributed by atoms with van der Waals surface area (Å²) in [5.41, 5.74) is 5.00. The summed E-state index contributed by atoms with van der Waals surface area (Å²) in [6.07, 6.45) is -4.45. The van der Waals surface area contributed by atoms with E-state index in [2.05, 4.69) is 15.9 Å². The molecular formula is C8H6BrClF3N. The van der Waals surface area contributed by atoms with Crippen LogP contribution in [0.3, 0.4) is 0 Å². The van der Waals surface area contributed by atoms with Crippen LogP contribution in [-0.4, -0.2) is 6.18 Å². The van der Waals surface area contributed by atoms with Gasteiger partial charge >= 0.3 is 6.18 Å². The highest BCUT2D eigenvalue weighted by Crippen LogP contribution is 2.35. The van der Waals surface area contributed by atoms with Crippen molar-refractivity contribution in [3.63, 3.8) is 0 Å². The topological polar surface area (TPSA) is 26.0 Å². The molecule has 0 saturated carbocycles. The highest BCUT2D eigenvalue weighted by molar-refractivity contribution is 9.10. The molecule has 78 valence electrons. The van der Waals surface area contributed by atoms with Crippen molar-refractivity contribution in [3.8, 4) is 0 Å². The van der Waals surface area contributed by atoms with Gasteiger partial charge in [-0.05, 0) is 17.7 Å². The molecule has 0 aliphatic carbocycles. The first-order valence-corrected chi connectivity index (χ1v) is 4.76. The lowest BCUT2D eigenvalue weighted by atomic mass is 10.1. The molecule has 0 aliphatic rings. The van der Waals surface area contributed by atoms with E-state index in [1.165, 1.54) is 18.2 Å². The molecule has 1 atom stereocenters. The average Bonchev–Trinajstić information content (AvgIpc) is 2.01. The van der Waals surface area contributed by atoms with E-state index in [1.54, 1.807) is 0 Å². The number of hydrogen-bond acceptors (Lipinski definition) is 1. The van der Waals surface area contributed by atoms with Gasteiger partial charge in [-0.2, -0.15) is 13.2 Å². The summed E-state index contributed by atoms with van der Waals surface area (Å²) in [5.74, 6) is 0. The van der Waals surface area contributed by atoms with Crippen LogP contribution in [0.2, 0.25) is 5.02 Å². The molecule has 1 aromatic carbocycles. The van der Waals surface area contributed by atoms with E-state index < -0.39 is 12.2 Å². The minimum absolute atomic E-state index is 0.0260. The van der Waals surface area contributed by atoms with E-state index in [-0.39, 0.29) is 10.0 Å². The quantitative estimate of drug-likeness (QED) is 0.838. The van der Waals surface area contributed by atoms with Gasteiger partial charge in [0, 0.05) is 9.50 Å². The maximum absolute atomic E-state index is 12.2. The van der Waals surface area contributed by atoms with E-state index in [9.17, 15) is 13.2 Å². The number of alkyl halides is 3. The van der Waals surface area contributed by atoms with Gasteiger partial charge in [0.1, 0.15) is 6.04 Å². The summed E-state index contributed by atoms with van der Waals surface area (Å²) in [6.45, 7) is 0. The van der Waals surface area contributed by atoms with Crippen molar-refractivity contribution in [2.45, 2.75) is 12.2 Å². The van der Waals surface area contributed by atoms with Gasteiger partial charge < -0.3 is 5.73 Å². The van der Waals surface area contributed by atoms with Gasteiger partial charge in [0.15, 0.2) is 0 Å². The Morgan fingerprint density at radius 3 is 2.36 bits per heavy atom. The lowest BCUT2D eigenvalue weighted by Gasteiger charge is -2.17. The predicted octanol–water partition coefficient (Wildman–Crippen LogP) is 3.66. The number of nitrogens with two attached hydrogens (primary N) is 1.